The first-order valence-electron chi connectivity index (χ1n) is 6.16. The van der Waals surface area contributed by atoms with Crippen molar-refractivity contribution in [3.05, 3.63) is 0 Å². The molecule has 0 radical (unpaired) electrons. The SMILES string of the molecule is CC(=O)O[C@H]1[C@H](OC(C)=O)CN2CCCC[C@@H]12. The molecule has 5 heteroatoms. The molecule has 0 amide bonds. The molecule has 0 saturated carbocycles. The highest BCUT2D eigenvalue weighted by atomic mass is 16.6. The Kier molecular flexibility index (Phi) is 3.66. The molecule has 5 nitrogen and oxygen atoms in total. The van der Waals surface area contributed by atoms with Crippen LogP contribution in [0.1, 0.15) is 33.1 Å². The monoisotopic (exact) mass is 241 g/mol. The summed E-state index contributed by atoms with van der Waals surface area (Å²) in [7, 11) is 0. The number of esters is 2. The molecule has 2 saturated heterocycles. The van der Waals surface area contributed by atoms with Gasteiger partial charge >= 0.3 is 11.9 Å². The lowest BCUT2D eigenvalue weighted by atomic mass is 10.00. The fourth-order valence-electron chi connectivity index (χ4n) is 2.86. The van der Waals surface area contributed by atoms with Gasteiger partial charge in [0, 0.05) is 20.4 Å². The number of carbonyl (C=O) groups is 2. The van der Waals surface area contributed by atoms with Gasteiger partial charge in [-0.25, -0.2) is 0 Å². The van der Waals surface area contributed by atoms with Gasteiger partial charge in [-0.1, -0.05) is 6.42 Å². The van der Waals surface area contributed by atoms with Crippen molar-refractivity contribution < 1.29 is 19.1 Å². The van der Waals surface area contributed by atoms with Gasteiger partial charge in [-0.3, -0.25) is 14.5 Å². The first-order valence-corrected chi connectivity index (χ1v) is 6.16. The van der Waals surface area contributed by atoms with E-state index in [0.29, 0.717) is 6.54 Å². The van der Waals surface area contributed by atoms with Crippen LogP contribution in [-0.2, 0) is 19.1 Å². The molecule has 2 heterocycles. The second-order valence-corrected chi connectivity index (χ2v) is 4.78. The van der Waals surface area contributed by atoms with Crippen molar-refractivity contribution in [2.45, 2.75) is 51.4 Å². The maximum Gasteiger partial charge on any atom is 0.303 e. The van der Waals surface area contributed by atoms with Crippen molar-refractivity contribution in [1.82, 2.24) is 4.90 Å². The van der Waals surface area contributed by atoms with E-state index in [1.165, 1.54) is 13.8 Å². The molecule has 2 aliphatic heterocycles. The summed E-state index contributed by atoms with van der Waals surface area (Å²) in [6.45, 7) is 4.47. The molecular formula is C12H19NO4. The highest BCUT2D eigenvalue weighted by Crippen LogP contribution is 2.31. The number of ether oxygens (including phenoxy) is 2. The summed E-state index contributed by atoms with van der Waals surface area (Å²) in [5, 5.41) is 0. The van der Waals surface area contributed by atoms with Crippen LogP contribution < -0.4 is 0 Å². The standard InChI is InChI=1S/C12H19NO4/c1-8(14)16-11-7-13-6-4-3-5-10(13)12(11)17-9(2)15/h10-12H,3-7H2,1-2H3/t10-,11+,12+/m0/s1. The predicted molar refractivity (Wildman–Crippen MR) is 60.3 cm³/mol. The average molecular weight is 241 g/mol. The van der Waals surface area contributed by atoms with Crippen molar-refractivity contribution in [1.29, 1.82) is 0 Å². The number of rotatable bonds is 2. The van der Waals surface area contributed by atoms with Gasteiger partial charge in [-0.05, 0) is 19.4 Å². The molecule has 2 aliphatic rings. The normalized spacial score (nSPS) is 32.9. The second-order valence-electron chi connectivity index (χ2n) is 4.78. The van der Waals surface area contributed by atoms with Crippen molar-refractivity contribution in [3.63, 3.8) is 0 Å². The van der Waals surface area contributed by atoms with E-state index >= 15 is 0 Å². The first-order chi connectivity index (χ1) is 8.08. The zero-order valence-electron chi connectivity index (χ0n) is 10.3. The van der Waals surface area contributed by atoms with Crippen LogP contribution in [0.3, 0.4) is 0 Å². The zero-order chi connectivity index (χ0) is 12.4. The van der Waals surface area contributed by atoms with Crippen LogP contribution in [0, 0.1) is 0 Å². The van der Waals surface area contributed by atoms with E-state index in [-0.39, 0.29) is 30.2 Å². The Morgan fingerprint density at radius 3 is 2.47 bits per heavy atom. The van der Waals surface area contributed by atoms with E-state index in [1.54, 1.807) is 0 Å². The van der Waals surface area contributed by atoms with Gasteiger partial charge in [0.05, 0.1) is 6.04 Å². The summed E-state index contributed by atoms with van der Waals surface area (Å²) in [5.74, 6) is -0.619. The van der Waals surface area contributed by atoms with Gasteiger partial charge in [-0.2, -0.15) is 0 Å². The lowest BCUT2D eigenvalue weighted by molar-refractivity contribution is -0.162. The summed E-state index contributed by atoms with van der Waals surface area (Å²) < 4.78 is 10.6. The summed E-state index contributed by atoms with van der Waals surface area (Å²) in [6, 6.07) is 0.219. The largest absolute Gasteiger partial charge is 0.457 e. The molecule has 0 aliphatic carbocycles. The molecule has 0 aromatic carbocycles. The van der Waals surface area contributed by atoms with E-state index < -0.39 is 0 Å². The maximum absolute atomic E-state index is 11.1. The smallest absolute Gasteiger partial charge is 0.303 e. The van der Waals surface area contributed by atoms with Crippen molar-refractivity contribution in [2.75, 3.05) is 13.1 Å². The van der Waals surface area contributed by atoms with Crippen LogP contribution in [0.4, 0.5) is 0 Å². The number of fused-ring (bicyclic) bond motifs is 1. The number of carbonyl (C=O) groups excluding carboxylic acids is 2. The minimum Gasteiger partial charge on any atom is -0.457 e. The third kappa shape index (κ3) is 2.77. The van der Waals surface area contributed by atoms with E-state index in [4.69, 9.17) is 9.47 Å². The topological polar surface area (TPSA) is 55.8 Å². The summed E-state index contributed by atoms with van der Waals surface area (Å²) in [5.41, 5.74) is 0. The van der Waals surface area contributed by atoms with Crippen LogP contribution >= 0.6 is 0 Å². The molecule has 0 unspecified atom stereocenters. The lowest BCUT2D eigenvalue weighted by Crippen LogP contribution is -2.41. The molecule has 2 fully saturated rings. The molecular weight excluding hydrogens is 222 g/mol. The third-order valence-corrected chi connectivity index (χ3v) is 3.44. The number of piperidine rings is 1. The van der Waals surface area contributed by atoms with Gasteiger partial charge < -0.3 is 9.47 Å². The lowest BCUT2D eigenvalue weighted by Gasteiger charge is -2.31. The second kappa shape index (κ2) is 5.04. The van der Waals surface area contributed by atoms with Crippen LogP contribution in [0.15, 0.2) is 0 Å². The molecule has 0 N–H and O–H groups in total. The van der Waals surface area contributed by atoms with Gasteiger partial charge in [0.15, 0.2) is 12.2 Å². The fourth-order valence-corrected chi connectivity index (χ4v) is 2.86. The first kappa shape index (κ1) is 12.4. The van der Waals surface area contributed by atoms with Crippen LogP contribution in [0.25, 0.3) is 0 Å². The number of hydrogen-bond donors (Lipinski definition) is 0. The summed E-state index contributed by atoms with van der Waals surface area (Å²) in [6.07, 6.45) is 2.72. The van der Waals surface area contributed by atoms with Crippen molar-refractivity contribution in [3.8, 4) is 0 Å². The highest BCUT2D eigenvalue weighted by Gasteiger charge is 2.46. The van der Waals surface area contributed by atoms with Crippen LogP contribution in [0.2, 0.25) is 0 Å². The van der Waals surface area contributed by atoms with Crippen molar-refractivity contribution in [2.24, 2.45) is 0 Å². The quantitative estimate of drug-likeness (QED) is 0.667. The number of nitrogens with zero attached hydrogens (tertiary/aromatic N) is 1. The van der Waals surface area contributed by atoms with Gasteiger partial charge in [0.1, 0.15) is 0 Å². The molecule has 2 rings (SSSR count). The van der Waals surface area contributed by atoms with E-state index in [0.717, 1.165) is 25.8 Å². The Morgan fingerprint density at radius 1 is 1.12 bits per heavy atom. The Labute approximate surface area is 101 Å². The Hall–Kier alpha value is -1.10. The minimum atomic E-state index is -0.313. The van der Waals surface area contributed by atoms with Gasteiger partial charge in [0.25, 0.3) is 0 Å². The Balaban J connectivity index is 2.08. The molecule has 0 bridgehead atoms. The third-order valence-electron chi connectivity index (χ3n) is 3.44. The summed E-state index contributed by atoms with van der Waals surface area (Å²) >= 11 is 0. The fraction of sp³-hybridized carbons (Fsp3) is 0.833. The minimum absolute atomic E-state index is 0.219. The van der Waals surface area contributed by atoms with Crippen LogP contribution in [-0.4, -0.2) is 48.2 Å². The molecule has 0 spiro atoms. The Bertz CT molecular complexity index is 318. The number of hydrogen-bond acceptors (Lipinski definition) is 5. The van der Waals surface area contributed by atoms with Crippen LogP contribution in [0.5, 0.6) is 0 Å². The van der Waals surface area contributed by atoms with Gasteiger partial charge in [-0.15, -0.1) is 0 Å². The van der Waals surface area contributed by atoms with E-state index in [2.05, 4.69) is 4.90 Å². The highest BCUT2D eigenvalue weighted by molar-refractivity contribution is 5.67. The molecule has 96 valence electrons. The molecule has 3 atom stereocenters. The van der Waals surface area contributed by atoms with E-state index in [9.17, 15) is 9.59 Å². The van der Waals surface area contributed by atoms with Crippen molar-refractivity contribution >= 4 is 11.9 Å². The van der Waals surface area contributed by atoms with E-state index in [1.807, 2.05) is 0 Å². The zero-order valence-corrected chi connectivity index (χ0v) is 10.3. The van der Waals surface area contributed by atoms with Gasteiger partial charge in [0.2, 0.25) is 0 Å². The maximum atomic E-state index is 11.1. The Morgan fingerprint density at radius 2 is 1.82 bits per heavy atom. The summed E-state index contributed by atoms with van der Waals surface area (Å²) in [4.78, 5) is 24.4. The molecule has 17 heavy (non-hydrogen) atoms. The molecule has 0 aromatic rings. The molecule has 0 aromatic heterocycles. The average Bonchev–Trinajstić information content (AvgIpc) is 2.55. The predicted octanol–water partition coefficient (Wildman–Crippen LogP) is 0.718.